The van der Waals surface area contributed by atoms with Crippen LogP contribution in [0.25, 0.3) is 5.57 Å². The fraction of sp³-hybridized carbons (Fsp3) is 0.167. The number of methoxy groups -OCH3 is 2. The zero-order valence-corrected chi connectivity index (χ0v) is 13.4. The van der Waals surface area contributed by atoms with Crippen LogP contribution < -0.4 is 14.4 Å². The van der Waals surface area contributed by atoms with Gasteiger partial charge in [-0.3, -0.25) is 0 Å². The maximum absolute atomic E-state index is 5.53. The monoisotopic (exact) mass is 311 g/mol. The average molecular weight is 311 g/mol. The minimum Gasteiger partial charge on any atom is -0.497 e. The van der Waals surface area contributed by atoms with Crippen molar-refractivity contribution >= 4 is 28.5 Å². The van der Waals surface area contributed by atoms with Crippen LogP contribution in [-0.4, -0.2) is 19.2 Å². The summed E-state index contributed by atoms with van der Waals surface area (Å²) in [6.45, 7) is 0. The van der Waals surface area contributed by atoms with E-state index < -0.39 is 0 Å². The lowest BCUT2D eigenvalue weighted by Crippen LogP contribution is -2.17. The minimum absolute atomic E-state index is 0.772. The zero-order valence-electron chi connectivity index (χ0n) is 12.6. The SMILES string of the molecule is COc1ccc(C2=CN(c3ccc(OC)cc3)C(=S)C2)cc1. The van der Waals surface area contributed by atoms with E-state index in [1.54, 1.807) is 14.2 Å². The zero-order chi connectivity index (χ0) is 15.5. The van der Waals surface area contributed by atoms with E-state index in [0.29, 0.717) is 0 Å². The van der Waals surface area contributed by atoms with E-state index in [2.05, 4.69) is 18.3 Å². The molecule has 22 heavy (non-hydrogen) atoms. The van der Waals surface area contributed by atoms with Crippen molar-refractivity contribution in [1.29, 1.82) is 0 Å². The number of anilines is 1. The van der Waals surface area contributed by atoms with Crippen molar-refractivity contribution in [3.8, 4) is 11.5 Å². The van der Waals surface area contributed by atoms with Gasteiger partial charge in [0.1, 0.15) is 11.5 Å². The van der Waals surface area contributed by atoms with E-state index in [1.165, 1.54) is 11.1 Å². The number of hydrogen-bond donors (Lipinski definition) is 0. The van der Waals surface area contributed by atoms with E-state index >= 15 is 0 Å². The summed E-state index contributed by atoms with van der Waals surface area (Å²) in [6, 6.07) is 16.0. The molecule has 0 radical (unpaired) electrons. The van der Waals surface area contributed by atoms with Crippen molar-refractivity contribution in [2.45, 2.75) is 6.42 Å². The van der Waals surface area contributed by atoms with E-state index in [9.17, 15) is 0 Å². The molecule has 0 atom stereocenters. The number of hydrogen-bond acceptors (Lipinski definition) is 3. The Labute approximate surface area is 135 Å². The van der Waals surface area contributed by atoms with Gasteiger partial charge < -0.3 is 14.4 Å². The quantitative estimate of drug-likeness (QED) is 0.786. The second-order valence-electron chi connectivity index (χ2n) is 5.02. The second kappa shape index (κ2) is 6.20. The van der Waals surface area contributed by atoms with Crippen molar-refractivity contribution in [2.24, 2.45) is 0 Å². The van der Waals surface area contributed by atoms with E-state index in [0.717, 1.165) is 28.6 Å². The molecule has 2 aromatic rings. The number of thiocarbonyl (C=S) groups is 1. The summed E-state index contributed by atoms with van der Waals surface area (Å²) in [5.74, 6) is 1.70. The lowest BCUT2D eigenvalue weighted by molar-refractivity contribution is 0.414. The predicted molar refractivity (Wildman–Crippen MR) is 93.7 cm³/mol. The molecule has 1 heterocycles. The van der Waals surface area contributed by atoms with Crippen molar-refractivity contribution in [2.75, 3.05) is 19.1 Å². The van der Waals surface area contributed by atoms with Gasteiger partial charge >= 0.3 is 0 Å². The molecule has 0 bridgehead atoms. The van der Waals surface area contributed by atoms with Crippen LogP contribution in [0, 0.1) is 0 Å². The summed E-state index contributed by atoms with van der Waals surface area (Å²) < 4.78 is 10.4. The van der Waals surface area contributed by atoms with Gasteiger partial charge in [-0.25, -0.2) is 0 Å². The van der Waals surface area contributed by atoms with Gasteiger partial charge in [0, 0.05) is 18.3 Å². The Hall–Kier alpha value is -2.33. The summed E-state index contributed by atoms with van der Waals surface area (Å²) in [7, 11) is 3.33. The Kier molecular flexibility index (Phi) is 4.11. The predicted octanol–water partition coefficient (Wildman–Crippen LogP) is 4.28. The van der Waals surface area contributed by atoms with Gasteiger partial charge in [0.2, 0.25) is 0 Å². The Bertz CT molecular complexity index is 705. The lowest BCUT2D eigenvalue weighted by Gasteiger charge is -2.15. The molecular formula is C18H17NO2S. The first-order chi connectivity index (χ1) is 10.7. The van der Waals surface area contributed by atoms with Crippen LogP contribution in [0.3, 0.4) is 0 Å². The fourth-order valence-corrected chi connectivity index (χ4v) is 2.78. The topological polar surface area (TPSA) is 21.7 Å². The molecule has 0 aliphatic carbocycles. The number of ether oxygens (including phenoxy) is 2. The first-order valence-corrected chi connectivity index (χ1v) is 7.43. The summed E-state index contributed by atoms with van der Waals surface area (Å²) in [6.07, 6.45) is 2.87. The van der Waals surface area contributed by atoms with Crippen molar-refractivity contribution in [3.63, 3.8) is 0 Å². The molecule has 0 unspecified atom stereocenters. The third-order valence-electron chi connectivity index (χ3n) is 3.71. The first kappa shape index (κ1) is 14.6. The molecular weight excluding hydrogens is 294 g/mol. The standard InChI is InChI=1S/C18H17NO2S/c1-20-16-7-3-13(4-8-16)14-11-18(22)19(12-14)15-5-9-17(21-2)10-6-15/h3-10,12H,11H2,1-2H3. The van der Waals surface area contributed by atoms with Crippen LogP contribution >= 0.6 is 12.2 Å². The molecule has 0 aromatic heterocycles. The van der Waals surface area contributed by atoms with Gasteiger partial charge in [0.25, 0.3) is 0 Å². The Morgan fingerprint density at radius 3 is 1.95 bits per heavy atom. The van der Waals surface area contributed by atoms with E-state index in [4.69, 9.17) is 21.7 Å². The summed E-state index contributed by atoms with van der Waals surface area (Å²) in [5, 5.41) is 0. The van der Waals surface area contributed by atoms with Gasteiger partial charge in [-0.1, -0.05) is 24.4 Å². The second-order valence-corrected chi connectivity index (χ2v) is 5.49. The summed E-state index contributed by atoms with van der Waals surface area (Å²) >= 11 is 5.53. The Balaban J connectivity index is 1.86. The molecule has 2 aromatic carbocycles. The van der Waals surface area contributed by atoms with Crippen LogP contribution in [-0.2, 0) is 0 Å². The largest absolute Gasteiger partial charge is 0.497 e. The van der Waals surface area contributed by atoms with Gasteiger partial charge in [0.15, 0.2) is 0 Å². The molecule has 0 saturated carbocycles. The summed E-state index contributed by atoms with van der Waals surface area (Å²) in [5.41, 5.74) is 3.43. The van der Waals surface area contributed by atoms with Gasteiger partial charge in [-0.05, 0) is 47.5 Å². The third-order valence-corrected chi connectivity index (χ3v) is 4.05. The van der Waals surface area contributed by atoms with Crippen molar-refractivity contribution in [3.05, 3.63) is 60.3 Å². The maximum Gasteiger partial charge on any atom is 0.119 e. The number of rotatable bonds is 4. The lowest BCUT2D eigenvalue weighted by atomic mass is 10.1. The normalized spacial score (nSPS) is 14.0. The first-order valence-electron chi connectivity index (χ1n) is 7.02. The Morgan fingerprint density at radius 2 is 1.41 bits per heavy atom. The highest BCUT2D eigenvalue weighted by molar-refractivity contribution is 7.80. The number of benzene rings is 2. The molecule has 1 aliphatic heterocycles. The fourth-order valence-electron chi connectivity index (χ4n) is 2.46. The molecule has 4 heteroatoms. The van der Waals surface area contributed by atoms with Crippen LogP contribution in [0.2, 0.25) is 0 Å². The minimum atomic E-state index is 0.772. The molecule has 112 valence electrons. The van der Waals surface area contributed by atoms with Crippen LogP contribution in [0.15, 0.2) is 54.7 Å². The van der Waals surface area contributed by atoms with Crippen molar-refractivity contribution in [1.82, 2.24) is 0 Å². The highest BCUT2D eigenvalue weighted by atomic mass is 32.1. The molecule has 0 spiro atoms. The number of nitrogens with zero attached hydrogens (tertiary/aromatic N) is 1. The molecule has 0 saturated heterocycles. The highest BCUT2D eigenvalue weighted by Gasteiger charge is 2.20. The molecule has 1 aliphatic rings. The molecule has 0 fully saturated rings. The smallest absolute Gasteiger partial charge is 0.119 e. The van der Waals surface area contributed by atoms with Gasteiger partial charge in [-0.2, -0.15) is 0 Å². The van der Waals surface area contributed by atoms with Crippen molar-refractivity contribution < 1.29 is 9.47 Å². The highest BCUT2D eigenvalue weighted by Crippen LogP contribution is 2.32. The van der Waals surface area contributed by atoms with Gasteiger partial charge in [0.05, 0.1) is 19.2 Å². The van der Waals surface area contributed by atoms with Crippen LogP contribution in [0.4, 0.5) is 5.69 Å². The summed E-state index contributed by atoms with van der Waals surface area (Å²) in [4.78, 5) is 2.95. The average Bonchev–Trinajstić information content (AvgIpc) is 2.97. The maximum atomic E-state index is 5.53. The van der Waals surface area contributed by atoms with Gasteiger partial charge in [-0.15, -0.1) is 0 Å². The molecule has 0 amide bonds. The van der Waals surface area contributed by atoms with Crippen LogP contribution in [0.5, 0.6) is 11.5 Å². The van der Waals surface area contributed by atoms with E-state index in [1.807, 2.05) is 41.3 Å². The molecule has 0 N–H and O–H groups in total. The Morgan fingerprint density at radius 1 is 0.864 bits per heavy atom. The third kappa shape index (κ3) is 2.83. The van der Waals surface area contributed by atoms with E-state index in [-0.39, 0.29) is 0 Å². The van der Waals surface area contributed by atoms with Crippen LogP contribution in [0.1, 0.15) is 12.0 Å². The molecule has 3 rings (SSSR count). The molecule has 3 nitrogen and oxygen atoms in total.